The molecule has 0 radical (unpaired) electrons. The Morgan fingerprint density at radius 1 is 1.10 bits per heavy atom. The fraction of sp³-hybridized carbons (Fsp3) is 0.786. The van der Waals surface area contributed by atoms with Crippen molar-refractivity contribution in [2.24, 2.45) is 11.8 Å². The quantitative estimate of drug-likeness (QED) is 0.721. The molecule has 3 unspecified atom stereocenters. The molecule has 2 amide bonds. The number of piperidine rings is 1. The van der Waals surface area contributed by atoms with Crippen LogP contribution >= 0.6 is 0 Å². The number of rotatable bonds is 4. The number of hydrogen-bond donors (Lipinski definition) is 3. The van der Waals surface area contributed by atoms with Gasteiger partial charge < -0.3 is 20.4 Å². The largest absolute Gasteiger partial charge is 0.481 e. The first-order chi connectivity index (χ1) is 9.97. The van der Waals surface area contributed by atoms with Gasteiger partial charge in [0.05, 0.1) is 6.42 Å². The number of nitrogens with zero attached hydrogens (tertiary/aromatic N) is 1. The number of aliphatic carboxylic acids is 2. The minimum Gasteiger partial charge on any atom is -0.481 e. The van der Waals surface area contributed by atoms with Crippen LogP contribution in [0.1, 0.15) is 38.5 Å². The van der Waals surface area contributed by atoms with Gasteiger partial charge in [-0.05, 0) is 24.7 Å². The fourth-order valence-electron chi connectivity index (χ4n) is 3.40. The lowest BCUT2D eigenvalue weighted by Gasteiger charge is -2.41. The zero-order valence-corrected chi connectivity index (χ0v) is 12.0. The summed E-state index contributed by atoms with van der Waals surface area (Å²) in [4.78, 5) is 35.4. The normalized spacial score (nSPS) is 26.6. The van der Waals surface area contributed by atoms with E-state index in [1.165, 1.54) is 19.3 Å². The van der Waals surface area contributed by atoms with Crippen molar-refractivity contribution >= 4 is 18.0 Å². The Morgan fingerprint density at radius 2 is 1.76 bits per heavy atom. The molecule has 0 aromatic rings. The van der Waals surface area contributed by atoms with E-state index in [1.807, 2.05) is 0 Å². The van der Waals surface area contributed by atoms with Gasteiger partial charge in [-0.1, -0.05) is 19.3 Å². The Labute approximate surface area is 123 Å². The highest BCUT2D eigenvalue weighted by atomic mass is 16.4. The van der Waals surface area contributed by atoms with E-state index < -0.39 is 30.4 Å². The van der Waals surface area contributed by atoms with Gasteiger partial charge in [0.25, 0.3) is 0 Å². The van der Waals surface area contributed by atoms with Gasteiger partial charge in [-0.25, -0.2) is 9.59 Å². The number of carboxylic acid groups (broad SMARTS) is 2. The van der Waals surface area contributed by atoms with Crippen molar-refractivity contribution in [2.45, 2.75) is 44.6 Å². The molecule has 0 aromatic heterocycles. The third-order valence-electron chi connectivity index (χ3n) is 4.55. The Balaban J connectivity index is 1.90. The number of carboxylic acids is 2. The average Bonchev–Trinajstić information content (AvgIpc) is 2.45. The number of urea groups is 1. The standard InChI is InChI=1S/C14H22N2O5/c17-12(18)7-11(13(19)20)15-14(21)16-6-5-9-3-1-2-4-10(9)8-16/h9-11H,1-8H2,(H,15,21)(H,17,18)(H,19,20). The molecule has 2 rings (SSSR count). The molecule has 3 N–H and O–H groups in total. The topological polar surface area (TPSA) is 107 Å². The van der Waals surface area contributed by atoms with E-state index in [-0.39, 0.29) is 0 Å². The maximum Gasteiger partial charge on any atom is 0.326 e. The molecule has 1 heterocycles. The van der Waals surface area contributed by atoms with Gasteiger partial charge >= 0.3 is 18.0 Å². The molecule has 7 nitrogen and oxygen atoms in total. The van der Waals surface area contributed by atoms with Crippen LogP contribution in [0.4, 0.5) is 4.79 Å². The lowest BCUT2D eigenvalue weighted by molar-refractivity contribution is -0.145. The van der Waals surface area contributed by atoms with Crippen LogP contribution in [-0.4, -0.2) is 52.2 Å². The van der Waals surface area contributed by atoms with Crippen LogP contribution in [0.15, 0.2) is 0 Å². The van der Waals surface area contributed by atoms with Gasteiger partial charge in [0.15, 0.2) is 0 Å². The Bertz CT molecular complexity index is 426. The van der Waals surface area contributed by atoms with Crippen LogP contribution < -0.4 is 5.32 Å². The predicted octanol–water partition coefficient (Wildman–Crippen LogP) is 1.14. The lowest BCUT2D eigenvalue weighted by Crippen LogP contribution is -2.53. The molecular formula is C14H22N2O5. The minimum absolute atomic E-state index is 0.465. The molecule has 118 valence electrons. The highest BCUT2D eigenvalue weighted by Gasteiger charge is 2.34. The van der Waals surface area contributed by atoms with Crippen LogP contribution in [0.5, 0.6) is 0 Å². The maximum absolute atomic E-state index is 12.1. The fourth-order valence-corrected chi connectivity index (χ4v) is 3.40. The van der Waals surface area contributed by atoms with E-state index in [4.69, 9.17) is 10.2 Å². The second-order valence-electron chi connectivity index (χ2n) is 5.98. The summed E-state index contributed by atoms with van der Waals surface area (Å²) in [6, 6.07) is -1.84. The first-order valence-corrected chi connectivity index (χ1v) is 7.47. The number of amides is 2. The third kappa shape index (κ3) is 4.09. The molecule has 21 heavy (non-hydrogen) atoms. The SMILES string of the molecule is O=C(O)CC(NC(=O)N1CCC2CCCCC2C1)C(=O)O. The summed E-state index contributed by atoms with van der Waals surface area (Å²) in [7, 11) is 0. The summed E-state index contributed by atoms with van der Waals surface area (Å²) < 4.78 is 0. The Morgan fingerprint density at radius 3 is 2.38 bits per heavy atom. The summed E-state index contributed by atoms with van der Waals surface area (Å²) in [5.74, 6) is -1.38. The maximum atomic E-state index is 12.1. The van der Waals surface area contributed by atoms with Gasteiger partial charge in [-0.3, -0.25) is 4.79 Å². The molecule has 3 atom stereocenters. The number of carbonyl (C=O) groups is 3. The third-order valence-corrected chi connectivity index (χ3v) is 4.55. The molecule has 0 bridgehead atoms. The highest BCUT2D eigenvalue weighted by Crippen LogP contribution is 2.35. The molecule has 1 aliphatic heterocycles. The minimum atomic E-state index is -1.38. The predicted molar refractivity (Wildman–Crippen MR) is 73.8 cm³/mol. The van der Waals surface area contributed by atoms with Gasteiger partial charge in [0.1, 0.15) is 6.04 Å². The summed E-state index contributed by atoms with van der Waals surface area (Å²) in [5.41, 5.74) is 0. The lowest BCUT2D eigenvalue weighted by atomic mass is 9.75. The summed E-state index contributed by atoms with van der Waals surface area (Å²) in [6.07, 6.45) is 5.12. The van der Waals surface area contributed by atoms with E-state index in [1.54, 1.807) is 4.90 Å². The van der Waals surface area contributed by atoms with Crippen LogP contribution in [0.2, 0.25) is 0 Å². The monoisotopic (exact) mass is 298 g/mol. The van der Waals surface area contributed by atoms with Crippen LogP contribution in [0.25, 0.3) is 0 Å². The van der Waals surface area contributed by atoms with E-state index in [0.29, 0.717) is 24.9 Å². The molecule has 0 aromatic carbocycles. The molecule has 0 spiro atoms. The number of carbonyl (C=O) groups excluding carboxylic acids is 1. The van der Waals surface area contributed by atoms with Gasteiger partial charge in [0.2, 0.25) is 0 Å². The molecule has 1 aliphatic carbocycles. The molecule has 2 fully saturated rings. The Hall–Kier alpha value is -1.79. The second kappa shape index (κ2) is 6.78. The van der Waals surface area contributed by atoms with Crippen molar-refractivity contribution in [2.75, 3.05) is 13.1 Å². The van der Waals surface area contributed by atoms with Crippen molar-refractivity contribution in [1.82, 2.24) is 10.2 Å². The van der Waals surface area contributed by atoms with Crippen molar-refractivity contribution in [3.8, 4) is 0 Å². The number of hydrogen-bond acceptors (Lipinski definition) is 3. The number of nitrogens with one attached hydrogen (secondary N) is 1. The van der Waals surface area contributed by atoms with Gasteiger partial charge in [0, 0.05) is 13.1 Å². The molecular weight excluding hydrogens is 276 g/mol. The summed E-state index contributed by atoms with van der Waals surface area (Å²) in [6.45, 7) is 1.27. The van der Waals surface area contributed by atoms with E-state index in [0.717, 1.165) is 12.8 Å². The van der Waals surface area contributed by atoms with Crippen molar-refractivity contribution < 1.29 is 24.6 Å². The molecule has 1 saturated heterocycles. The smallest absolute Gasteiger partial charge is 0.326 e. The van der Waals surface area contributed by atoms with Crippen LogP contribution in [-0.2, 0) is 9.59 Å². The summed E-state index contributed by atoms with van der Waals surface area (Å²) in [5, 5.41) is 20.0. The van der Waals surface area contributed by atoms with E-state index in [2.05, 4.69) is 5.32 Å². The zero-order chi connectivity index (χ0) is 15.4. The molecule has 1 saturated carbocycles. The number of likely N-dealkylation sites (tertiary alicyclic amines) is 1. The van der Waals surface area contributed by atoms with E-state index >= 15 is 0 Å². The highest BCUT2D eigenvalue weighted by molar-refractivity contribution is 5.86. The van der Waals surface area contributed by atoms with Crippen molar-refractivity contribution in [3.63, 3.8) is 0 Å². The first-order valence-electron chi connectivity index (χ1n) is 7.47. The Kier molecular flexibility index (Phi) is 5.03. The first kappa shape index (κ1) is 15.6. The van der Waals surface area contributed by atoms with Crippen molar-refractivity contribution in [1.29, 1.82) is 0 Å². The van der Waals surface area contributed by atoms with Crippen molar-refractivity contribution in [3.05, 3.63) is 0 Å². The second-order valence-corrected chi connectivity index (χ2v) is 5.98. The van der Waals surface area contributed by atoms with Crippen LogP contribution in [0.3, 0.4) is 0 Å². The summed E-state index contributed by atoms with van der Waals surface area (Å²) >= 11 is 0. The molecule has 2 aliphatic rings. The average molecular weight is 298 g/mol. The molecule has 7 heteroatoms. The zero-order valence-electron chi connectivity index (χ0n) is 12.0. The van der Waals surface area contributed by atoms with Gasteiger partial charge in [-0.2, -0.15) is 0 Å². The van der Waals surface area contributed by atoms with Gasteiger partial charge in [-0.15, -0.1) is 0 Å². The van der Waals surface area contributed by atoms with Crippen LogP contribution in [0, 0.1) is 11.8 Å². The van der Waals surface area contributed by atoms with E-state index in [9.17, 15) is 14.4 Å². The number of fused-ring (bicyclic) bond motifs is 1.